The van der Waals surface area contributed by atoms with Crippen LogP contribution in [0.3, 0.4) is 0 Å². The maximum Gasteiger partial charge on any atom is 1.00 e. The quantitative estimate of drug-likeness (QED) is 0.0804. The SMILES string of the molecule is FC(F)(F)c1cc(C(F)(F)F)[n-]n1.FC(F)(F)c1cc(C(F)(F)F)[n-]n1.FC(F)(F)c1cc(C(F)(F)F)[n-]n1.FC(F)(F)c1cc(C(F)(F)F)[n-]n1.[Ag+].[Ag+].[Ag+].[Ag+].c1cnc2c(c1)ccc1cccnc12.c1cnc2c(c1)ccc1cccnc12. The standard InChI is InChI=1S/2C12H8N2.4C5HF6N2.4Ag/c2*1-3-9-5-6-10-4-2-8-14-12(10)11(9)13-7-1;4*6-4(7,8)2-1-3(13-12-2)5(9,10)11;;;;/h2*1-8H;4*1H;;;;/q;;4*-1;4*+1. The van der Waals surface area contributed by atoms with Gasteiger partial charge in [0.15, 0.2) is 0 Å². The number of rotatable bonds is 0. The first kappa shape index (κ1) is 76.2. The molecule has 0 N–H and O–H groups in total. The van der Waals surface area contributed by atoms with Crippen LogP contribution in [0.25, 0.3) is 43.6 Å². The van der Waals surface area contributed by atoms with Crippen molar-refractivity contribution in [2.45, 2.75) is 49.4 Å². The zero-order valence-electron chi connectivity index (χ0n) is 39.2. The molecule has 0 atom stereocenters. The van der Waals surface area contributed by atoms with Crippen molar-refractivity contribution >= 4 is 43.6 Å². The van der Waals surface area contributed by atoms with E-state index in [2.05, 4.69) is 109 Å². The van der Waals surface area contributed by atoms with E-state index in [1.54, 1.807) is 24.8 Å². The second-order valence-corrected chi connectivity index (χ2v) is 14.9. The van der Waals surface area contributed by atoms with Gasteiger partial charge in [-0.05, 0) is 71.3 Å². The summed E-state index contributed by atoms with van der Waals surface area (Å²) in [6.07, 6.45) is -31.9. The minimum absolute atomic E-state index is 0. The van der Waals surface area contributed by atoms with Gasteiger partial charge in [-0.1, -0.05) is 48.5 Å². The Morgan fingerprint density at radius 3 is 0.524 bits per heavy atom. The fraction of sp³-hybridized carbons (Fsp3) is 0.182. The zero-order chi connectivity index (χ0) is 59.9. The van der Waals surface area contributed by atoms with Gasteiger partial charge in [0.05, 0.1) is 22.1 Å². The molecular weight excluding hydrogens is 1580 g/mol. The number of alkyl halides is 24. The van der Waals surface area contributed by atoms with Gasteiger partial charge in [0, 0.05) is 46.3 Å². The zero-order valence-corrected chi connectivity index (χ0v) is 45.1. The molecule has 0 aliphatic heterocycles. The van der Waals surface area contributed by atoms with E-state index in [9.17, 15) is 105 Å². The van der Waals surface area contributed by atoms with E-state index in [0.717, 1.165) is 43.6 Å². The van der Waals surface area contributed by atoms with Gasteiger partial charge < -0.3 is 40.8 Å². The summed E-state index contributed by atoms with van der Waals surface area (Å²) >= 11 is 0. The Labute approximate surface area is 512 Å². The number of aromatic nitrogens is 12. The summed E-state index contributed by atoms with van der Waals surface area (Å²) in [6, 6.07) is 23.7. The van der Waals surface area contributed by atoms with Gasteiger partial charge in [-0.25, -0.2) is 0 Å². The predicted octanol–water partition coefficient (Wildman–Crippen LogP) is 13.9. The van der Waals surface area contributed by atoms with Gasteiger partial charge >= 0.3 is 139 Å². The van der Waals surface area contributed by atoms with E-state index in [-0.39, 0.29) is 114 Å². The van der Waals surface area contributed by atoms with Crippen molar-refractivity contribution in [2.24, 2.45) is 0 Å². The number of pyridine rings is 4. The molecule has 0 unspecified atom stereocenters. The van der Waals surface area contributed by atoms with Crippen LogP contribution in [0.15, 0.2) is 122 Å². The molecule has 2 aromatic carbocycles. The number of fused-ring (bicyclic) bond motifs is 6. The largest absolute Gasteiger partial charge is 1.00 e. The van der Waals surface area contributed by atoms with Crippen LogP contribution in [0.4, 0.5) is 105 Å². The Bertz CT molecular complexity index is 3030. The summed E-state index contributed by atoms with van der Waals surface area (Å²) in [5.74, 6) is 0. The summed E-state index contributed by atoms with van der Waals surface area (Å²) in [6.45, 7) is 0. The fourth-order valence-corrected chi connectivity index (χ4v) is 5.65. The molecule has 0 saturated carbocycles. The van der Waals surface area contributed by atoms with Gasteiger partial charge in [-0.3, -0.25) is 19.9 Å². The number of hydrogen-bond acceptors (Lipinski definition) is 8. The Kier molecular flexibility index (Phi) is 27.2. The van der Waals surface area contributed by atoms with E-state index in [1.165, 1.54) is 0 Å². The number of benzene rings is 2. The molecule has 0 spiro atoms. The maximum atomic E-state index is 11.7. The number of halogens is 24. The number of hydrogen-bond donors (Lipinski definition) is 0. The predicted molar refractivity (Wildman–Crippen MR) is 224 cm³/mol. The van der Waals surface area contributed by atoms with Crippen LogP contribution in [-0.4, -0.2) is 40.3 Å². The van der Waals surface area contributed by atoms with Crippen LogP contribution < -0.4 is 20.4 Å². The van der Waals surface area contributed by atoms with Crippen molar-refractivity contribution in [3.63, 3.8) is 0 Å². The Morgan fingerprint density at radius 2 is 0.405 bits per heavy atom. The number of nitrogens with zero attached hydrogens (tertiary/aromatic N) is 12. The molecule has 0 amide bonds. The second-order valence-electron chi connectivity index (χ2n) is 14.9. The summed E-state index contributed by atoms with van der Waals surface area (Å²) in [5.41, 5.74) is -9.20. The molecular formula is C44H20Ag4F24N12. The van der Waals surface area contributed by atoms with E-state index >= 15 is 0 Å². The fourth-order valence-electron chi connectivity index (χ4n) is 5.65. The Hall–Kier alpha value is -5.80. The molecule has 8 heterocycles. The molecule has 0 aliphatic carbocycles. The van der Waals surface area contributed by atoms with Crippen molar-refractivity contribution in [3.8, 4) is 0 Å². The molecule has 10 aromatic rings. The molecule has 468 valence electrons. The van der Waals surface area contributed by atoms with Crippen molar-refractivity contribution in [1.29, 1.82) is 0 Å². The monoisotopic (exact) mass is 1600 g/mol. The smallest absolute Gasteiger partial charge is 0.571 e. The molecule has 0 bridgehead atoms. The molecule has 8 aromatic heterocycles. The first-order valence-electron chi connectivity index (χ1n) is 20.5. The first-order valence-corrected chi connectivity index (χ1v) is 20.5. The third-order valence-electron chi connectivity index (χ3n) is 9.17. The minimum Gasteiger partial charge on any atom is -0.571 e. The van der Waals surface area contributed by atoms with Crippen molar-refractivity contribution in [1.82, 2.24) is 60.7 Å². The average Bonchev–Trinajstić information content (AvgIpc) is 4.21. The molecule has 10 rings (SSSR count). The molecule has 0 aliphatic rings. The average molecular weight is 1600 g/mol. The van der Waals surface area contributed by atoms with Crippen LogP contribution in [-0.2, 0) is 139 Å². The van der Waals surface area contributed by atoms with Gasteiger partial charge in [0.1, 0.15) is 22.8 Å². The van der Waals surface area contributed by atoms with Crippen LogP contribution in [0, 0.1) is 0 Å². The summed E-state index contributed by atoms with van der Waals surface area (Å²) in [5, 5.41) is 23.4. The van der Waals surface area contributed by atoms with Crippen molar-refractivity contribution in [2.75, 3.05) is 0 Å². The minimum atomic E-state index is -4.89. The molecule has 84 heavy (non-hydrogen) atoms. The maximum absolute atomic E-state index is 11.7. The third kappa shape index (κ3) is 21.9. The van der Waals surface area contributed by atoms with Crippen molar-refractivity contribution < 1.29 is 195 Å². The van der Waals surface area contributed by atoms with Gasteiger partial charge in [-0.15, -0.1) is 0 Å². The van der Waals surface area contributed by atoms with E-state index < -0.39 is 95.0 Å². The van der Waals surface area contributed by atoms with Crippen LogP contribution >= 0.6 is 0 Å². The molecule has 0 fully saturated rings. The van der Waals surface area contributed by atoms with Gasteiger partial charge in [0.2, 0.25) is 0 Å². The molecule has 40 heteroatoms. The normalized spacial score (nSPS) is 11.9. The van der Waals surface area contributed by atoms with E-state index in [0.29, 0.717) is 0 Å². The topological polar surface area (TPSA) is 160 Å². The van der Waals surface area contributed by atoms with Crippen LogP contribution in [0.2, 0.25) is 0 Å². The molecule has 0 saturated heterocycles. The van der Waals surface area contributed by atoms with E-state index in [4.69, 9.17) is 0 Å². The van der Waals surface area contributed by atoms with E-state index in [1.807, 2.05) is 24.3 Å². The summed E-state index contributed by atoms with van der Waals surface area (Å²) in [4.78, 5) is 17.4. The Balaban J connectivity index is 0.000000500. The molecule has 12 nitrogen and oxygen atoms in total. The van der Waals surface area contributed by atoms with Gasteiger partial charge in [-0.2, -0.15) is 105 Å². The second kappa shape index (κ2) is 30.0. The van der Waals surface area contributed by atoms with Crippen LogP contribution in [0.5, 0.6) is 0 Å². The van der Waals surface area contributed by atoms with Crippen LogP contribution in [0.1, 0.15) is 45.6 Å². The summed E-state index contributed by atoms with van der Waals surface area (Å²) in [7, 11) is 0. The molecule has 0 radical (unpaired) electrons. The summed E-state index contributed by atoms with van der Waals surface area (Å²) < 4.78 is 281. The van der Waals surface area contributed by atoms with Crippen molar-refractivity contribution in [3.05, 3.63) is 167 Å². The first-order chi connectivity index (χ1) is 36.7. The van der Waals surface area contributed by atoms with Gasteiger partial charge in [0.25, 0.3) is 0 Å². The Morgan fingerprint density at radius 1 is 0.238 bits per heavy atom. The third-order valence-corrected chi connectivity index (χ3v) is 9.17.